The van der Waals surface area contributed by atoms with E-state index in [0.29, 0.717) is 6.61 Å². The van der Waals surface area contributed by atoms with E-state index >= 15 is 0 Å². The Kier molecular flexibility index (Phi) is 3.97. The maximum absolute atomic E-state index is 12.9. The summed E-state index contributed by atoms with van der Waals surface area (Å²) in [5, 5.41) is 0. The minimum absolute atomic E-state index is 0.0776. The molecule has 4 heteroatoms. The topological polar surface area (TPSA) is 38.3 Å². The molecular weight excluding hydrogens is 269 g/mol. The van der Waals surface area contributed by atoms with Gasteiger partial charge in [0, 0.05) is 5.92 Å². The third kappa shape index (κ3) is 3.47. The fraction of sp³-hybridized carbons (Fsp3) is 0.235. The van der Waals surface area contributed by atoms with Gasteiger partial charge in [0.1, 0.15) is 5.82 Å². The third-order valence-corrected chi connectivity index (χ3v) is 3.68. The first-order valence-corrected chi connectivity index (χ1v) is 6.95. The molecule has 1 fully saturated rings. The molecule has 3 nitrogen and oxygen atoms in total. The van der Waals surface area contributed by atoms with Crippen molar-refractivity contribution in [1.29, 1.82) is 0 Å². The molecule has 0 spiro atoms. The second kappa shape index (κ2) is 6.06. The van der Waals surface area contributed by atoms with Gasteiger partial charge in [0.2, 0.25) is 5.91 Å². The van der Waals surface area contributed by atoms with Crippen molar-refractivity contribution in [2.45, 2.75) is 18.9 Å². The second-order valence-corrected chi connectivity index (χ2v) is 5.24. The highest BCUT2D eigenvalue weighted by Crippen LogP contribution is 2.47. The summed E-state index contributed by atoms with van der Waals surface area (Å²) in [6.07, 6.45) is 0.784. The Morgan fingerprint density at radius 3 is 2.57 bits per heavy atom. The van der Waals surface area contributed by atoms with Crippen molar-refractivity contribution in [1.82, 2.24) is 5.48 Å². The molecule has 2 atom stereocenters. The zero-order chi connectivity index (χ0) is 14.7. The highest BCUT2D eigenvalue weighted by atomic mass is 19.1. The lowest BCUT2D eigenvalue weighted by atomic mass is 10.1. The average molecular weight is 285 g/mol. The minimum atomic E-state index is -0.258. The molecule has 1 aliphatic rings. The molecule has 2 aromatic rings. The fourth-order valence-corrected chi connectivity index (χ4v) is 2.40. The maximum atomic E-state index is 12.9. The number of halogens is 1. The summed E-state index contributed by atoms with van der Waals surface area (Å²) in [5.74, 6) is -0.274. The van der Waals surface area contributed by atoms with Gasteiger partial charge in [0.05, 0.1) is 6.61 Å². The molecule has 0 heterocycles. The van der Waals surface area contributed by atoms with Gasteiger partial charge in [-0.25, -0.2) is 9.87 Å². The number of carbonyl (C=O) groups excluding carboxylic acids is 1. The number of hydroxylamine groups is 1. The summed E-state index contributed by atoms with van der Waals surface area (Å²) in [6.45, 7) is 0.348. The Hall–Kier alpha value is -2.20. The quantitative estimate of drug-likeness (QED) is 0.857. The van der Waals surface area contributed by atoms with Crippen LogP contribution in [-0.4, -0.2) is 5.91 Å². The van der Waals surface area contributed by atoms with Crippen LogP contribution in [0.25, 0.3) is 0 Å². The van der Waals surface area contributed by atoms with Crippen molar-refractivity contribution in [2.24, 2.45) is 5.92 Å². The molecule has 0 aromatic heterocycles. The van der Waals surface area contributed by atoms with Crippen LogP contribution in [0.4, 0.5) is 4.39 Å². The SMILES string of the molecule is O=C(NOCc1ccccc1)C1CC1c1ccc(F)cc1. The van der Waals surface area contributed by atoms with Crippen molar-refractivity contribution in [3.63, 3.8) is 0 Å². The Labute approximate surface area is 122 Å². The molecule has 1 amide bonds. The molecule has 1 aliphatic carbocycles. The number of amides is 1. The van der Waals surface area contributed by atoms with Crippen molar-refractivity contribution in [3.8, 4) is 0 Å². The largest absolute Gasteiger partial charge is 0.272 e. The first-order chi connectivity index (χ1) is 10.2. The summed E-state index contributed by atoms with van der Waals surface area (Å²) in [5.41, 5.74) is 4.49. The van der Waals surface area contributed by atoms with E-state index in [1.165, 1.54) is 12.1 Å². The zero-order valence-electron chi connectivity index (χ0n) is 11.5. The molecule has 21 heavy (non-hydrogen) atoms. The van der Waals surface area contributed by atoms with Gasteiger partial charge >= 0.3 is 0 Å². The highest BCUT2D eigenvalue weighted by molar-refractivity contribution is 5.81. The molecule has 0 radical (unpaired) electrons. The number of hydrogen-bond acceptors (Lipinski definition) is 2. The van der Waals surface area contributed by atoms with Gasteiger partial charge in [-0.2, -0.15) is 0 Å². The molecular formula is C17H16FNO2. The molecule has 2 unspecified atom stereocenters. The van der Waals surface area contributed by atoms with Crippen LogP contribution in [0.2, 0.25) is 0 Å². The fourth-order valence-electron chi connectivity index (χ4n) is 2.40. The van der Waals surface area contributed by atoms with Crippen LogP contribution in [0.5, 0.6) is 0 Å². The lowest BCUT2D eigenvalue weighted by Crippen LogP contribution is -2.25. The van der Waals surface area contributed by atoms with Crippen molar-refractivity contribution in [3.05, 3.63) is 71.5 Å². The minimum Gasteiger partial charge on any atom is -0.272 e. The van der Waals surface area contributed by atoms with E-state index in [2.05, 4.69) is 5.48 Å². The van der Waals surface area contributed by atoms with E-state index in [9.17, 15) is 9.18 Å². The molecule has 2 aromatic carbocycles. The smallest absolute Gasteiger partial charge is 0.247 e. The zero-order valence-corrected chi connectivity index (χ0v) is 11.5. The van der Waals surface area contributed by atoms with Crippen molar-refractivity contribution >= 4 is 5.91 Å². The Morgan fingerprint density at radius 1 is 1.14 bits per heavy atom. The predicted octanol–water partition coefficient (Wildman–Crippen LogP) is 3.18. The summed E-state index contributed by atoms with van der Waals surface area (Å²) < 4.78 is 12.9. The van der Waals surface area contributed by atoms with Gasteiger partial charge < -0.3 is 0 Å². The predicted molar refractivity (Wildman–Crippen MR) is 76.6 cm³/mol. The lowest BCUT2D eigenvalue weighted by Gasteiger charge is -2.06. The van der Waals surface area contributed by atoms with Crippen LogP contribution in [0.15, 0.2) is 54.6 Å². The van der Waals surface area contributed by atoms with E-state index < -0.39 is 0 Å². The Morgan fingerprint density at radius 2 is 1.86 bits per heavy atom. The third-order valence-electron chi connectivity index (χ3n) is 3.68. The Bertz CT molecular complexity index is 612. The summed E-state index contributed by atoms with van der Waals surface area (Å²) in [6, 6.07) is 16.0. The molecule has 108 valence electrons. The Balaban J connectivity index is 1.46. The molecule has 0 aliphatic heterocycles. The number of carbonyl (C=O) groups is 1. The van der Waals surface area contributed by atoms with Gasteiger partial charge in [-0.3, -0.25) is 9.63 Å². The van der Waals surface area contributed by atoms with E-state index in [0.717, 1.165) is 17.5 Å². The first kappa shape index (κ1) is 13.8. The van der Waals surface area contributed by atoms with Crippen LogP contribution in [0, 0.1) is 11.7 Å². The summed E-state index contributed by atoms with van der Waals surface area (Å²) in [4.78, 5) is 17.2. The molecule has 1 N–H and O–H groups in total. The van der Waals surface area contributed by atoms with Crippen molar-refractivity contribution < 1.29 is 14.0 Å². The van der Waals surface area contributed by atoms with E-state index in [1.807, 2.05) is 30.3 Å². The normalized spacial score (nSPS) is 20.0. The maximum Gasteiger partial charge on any atom is 0.247 e. The van der Waals surface area contributed by atoms with Crippen LogP contribution in [-0.2, 0) is 16.2 Å². The van der Waals surface area contributed by atoms with Crippen LogP contribution in [0.3, 0.4) is 0 Å². The van der Waals surface area contributed by atoms with Gasteiger partial charge in [0.25, 0.3) is 0 Å². The highest BCUT2D eigenvalue weighted by Gasteiger charge is 2.44. The standard InChI is InChI=1S/C17H16FNO2/c18-14-8-6-13(7-9-14)15-10-16(15)17(20)19-21-11-12-4-2-1-3-5-12/h1-9,15-16H,10-11H2,(H,19,20). The van der Waals surface area contributed by atoms with Crippen LogP contribution < -0.4 is 5.48 Å². The van der Waals surface area contributed by atoms with Gasteiger partial charge in [-0.1, -0.05) is 42.5 Å². The number of benzene rings is 2. The molecule has 0 bridgehead atoms. The second-order valence-electron chi connectivity index (χ2n) is 5.24. The average Bonchev–Trinajstić information content (AvgIpc) is 3.30. The van der Waals surface area contributed by atoms with E-state index in [4.69, 9.17) is 4.84 Å². The van der Waals surface area contributed by atoms with Crippen LogP contribution in [0.1, 0.15) is 23.5 Å². The van der Waals surface area contributed by atoms with Gasteiger partial charge in [-0.15, -0.1) is 0 Å². The number of hydrogen-bond donors (Lipinski definition) is 1. The first-order valence-electron chi connectivity index (χ1n) is 6.95. The summed E-state index contributed by atoms with van der Waals surface area (Å²) >= 11 is 0. The summed E-state index contributed by atoms with van der Waals surface area (Å²) in [7, 11) is 0. The van der Waals surface area contributed by atoms with E-state index in [-0.39, 0.29) is 23.6 Å². The van der Waals surface area contributed by atoms with Crippen molar-refractivity contribution in [2.75, 3.05) is 0 Å². The van der Waals surface area contributed by atoms with Gasteiger partial charge in [-0.05, 0) is 35.6 Å². The number of rotatable bonds is 5. The number of nitrogens with one attached hydrogen (secondary N) is 1. The van der Waals surface area contributed by atoms with E-state index in [1.54, 1.807) is 12.1 Å². The lowest BCUT2D eigenvalue weighted by molar-refractivity contribution is -0.136. The molecule has 3 rings (SSSR count). The van der Waals surface area contributed by atoms with Gasteiger partial charge in [0.15, 0.2) is 0 Å². The van der Waals surface area contributed by atoms with Crippen LogP contribution >= 0.6 is 0 Å². The molecule has 1 saturated carbocycles. The molecule has 0 saturated heterocycles. The monoisotopic (exact) mass is 285 g/mol.